The smallest absolute Gasteiger partial charge is 0.286 e. The van der Waals surface area contributed by atoms with E-state index >= 15 is 0 Å². The SMILES string of the molecule is N=c1c[n+](N2CCN(c3ncccn3)CC2)[n-]o1. The van der Waals surface area contributed by atoms with Gasteiger partial charge in [0.25, 0.3) is 11.8 Å². The Morgan fingerprint density at radius 2 is 1.94 bits per heavy atom. The van der Waals surface area contributed by atoms with Gasteiger partial charge in [-0.15, -0.1) is 0 Å². The van der Waals surface area contributed by atoms with Crippen molar-refractivity contribution in [1.82, 2.24) is 15.2 Å². The molecule has 2 aromatic heterocycles. The highest BCUT2D eigenvalue weighted by Crippen LogP contribution is 2.06. The first-order chi connectivity index (χ1) is 8.83. The van der Waals surface area contributed by atoms with Gasteiger partial charge in [-0.2, -0.15) is 0 Å². The first kappa shape index (κ1) is 10.8. The Hall–Kier alpha value is -2.38. The maximum atomic E-state index is 7.30. The van der Waals surface area contributed by atoms with E-state index in [1.807, 2.05) is 5.01 Å². The number of nitrogens with one attached hydrogen (secondary N) is 1. The number of aromatic nitrogens is 4. The maximum Gasteiger partial charge on any atom is 0.286 e. The van der Waals surface area contributed by atoms with Crippen LogP contribution in [0.1, 0.15) is 0 Å². The lowest BCUT2D eigenvalue weighted by Gasteiger charge is -2.34. The van der Waals surface area contributed by atoms with Gasteiger partial charge in [0.2, 0.25) is 5.95 Å². The molecule has 94 valence electrons. The predicted molar refractivity (Wildman–Crippen MR) is 60.3 cm³/mol. The van der Waals surface area contributed by atoms with Gasteiger partial charge in [0.05, 0.1) is 0 Å². The van der Waals surface area contributed by atoms with Crippen molar-refractivity contribution in [3.63, 3.8) is 0 Å². The third kappa shape index (κ3) is 2.04. The zero-order valence-corrected chi connectivity index (χ0v) is 9.73. The normalized spacial score (nSPS) is 16.0. The van der Waals surface area contributed by atoms with Gasteiger partial charge in [-0.3, -0.25) is 10.4 Å². The molecule has 0 amide bonds. The van der Waals surface area contributed by atoms with Crippen LogP contribution in [0.15, 0.2) is 29.2 Å². The molecule has 0 aromatic carbocycles. The van der Waals surface area contributed by atoms with Crippen LogP contribution in [-0.4, -0.2) is 36.1 Å². The highest BCUT2D eigenvalue weighted by molar-refractivity contribution is 5.29. The van der Waals surface area contributed by atoms with Gasteiger partial charge in [-0.05, 0) is 11.3 Å². The average Bonchev–Trinajstić information content (AvgIpc) is 2.87. The molecule has 1 saturated heterocycles. The summed E-state index contributed by atoms with van der Waals surface area (Å²) in [6, 6.07) is 1.81. The first-order valence-corrected chi connectivity index (χ1v) is 5.70. The van der Waals surface area contributed by atoms with E-state index in [0.29, 0.717) is 0 Å². The second kappa shape index (κ2) is 4.47. The van der Waals surface area contributed by atoms with Crippen molar-refractivity contribution < 1.29 is 9.31 Å². The van der Waals surface area contributed by atoms with E-state index in [2.05, 4.69) is 20.1 Å². The molecular weight excluding hydrogens is 234 g/mol. The highest BCUT2D eigenvalue weighted by atomic mass is 16.5. The number of rotatable bonds is 2. The number of nitrogens with zero attached hydrogens (tertiary/aromatic N) is 6. The van der Waals surface area contributed by atoms with Crippen LogP contribution in [0.3, 0.4) is 0 Å². The van der Waals surface area contributed by atoms with E-state index < -0.39 is 0 Å². The molecule has 18 heavy (non-hydrogen) atoms. The van der Waals surface area contributed by atoms with Crippen LogP contribution >= 0.6 is 0 Å². The fourth-order valence-corrected chi connectivity index (χ4v) is 1.93. The molecule has 0 bridgehead atoms. The van der Waals surface area contributed by atoms with Gasteiger partial charge < -0.3 is 9.42 Å². The molecule has 3 rings (SSSR count). The molecule has 0 unspecified atom stereocenters. The lowest BCUT2D eigenvalue weighted by atomic mass is 10.4. The van der Waals surface area contributed by atoms with Crippen molar-refractivity contribution >= 4 is 5.95 Å². The van der Waals surface area contributed by atoms with E-state index in [0.717, 1.165) is 32.1 Å². The highest BCUT2D eigenvalue weighted by Gasteiger charge is 2.19. The Morgan fingerprint density at radius 1 is 1.22 bits per heavy atom. The molecule has 0 saturated carbocycles. The molecule has 1 aliphatic heterocycles. The molecule has 1 fully saturated rings. The summed E-state index contributed by atoms with van der Waals surface area (Å²) in [4.78, 5) is 12.2. The minimum absolute atomic E-state index is 0.0591. The monoisotopic (exact) mass is 247 g/mol. The molecule has 3 heterocycles. The molecule has 1 N–H and O–H groups in total. The van der Waals surface area contributed by atoms with Crippen molar-refractivity contribution in [2.45, 2.75) is 0 Å². The fraction of sp³-hybridized carbons (Fsp3) is 0.400. The summed E-state index contributed by atoms with van der Waals surface area (Å²) in [5, 5.41) is 13.1. The summed E-state index contributed by atoms with van der Waals surface area (Å²) in [5.41, 5.74) is 0.0591. The summed E-state index contributed by atoms with van der Waals surface area (Å²) >= 11 is 0. The quantitative estimate of drug-likeness (QED) is 0.633. The molecular formula is C10H13N7O. The van der Waals surface area contributed by atoms with Gasteiger partial charge in [0, 0.05) is 38.6 Å². The Balaban J connectivity index is 1.66. The van der Waals surface area contributed by atoms with Gasteiger partial charge >= 0.3 is 0 Å². The molecule has 8 heteroatoms. The Morgan fingerprint density at radius 3 is 2.56 bits per heavy atom. The first-order valence-electron chi connectivity index (χ1n) is 5.70. The van der Waals surface area contributed by atoms with Gasteiger partial charge in [-0.1, -0.05) is 4.79 Å². The lowest BCUT2D eigenvalue weighted by Crippen LogP contribution is -2.66. The maximum absolute atomic E-state index is 7.30. The zero-order chi connectivity index (χ0) is 12.4. The topological polar surface area (TPSA) is 87.2 Å². The zero-order valence-electron chi connectivity index (χ0n) is 9.73. The van der Waals surface area contributed by atoms with Crippen molar-refractivity contribution in [3.8, 4) is 0 Å². The average molecular weight is 247 g/mol. The van der Waals surface area contributed by atoms with E-state index in [1.54, 1.807) is 29.4 Å². The lowest BCUT2D eigenvalue weighted by molar-refractivity contribution is -0.763. The molecule has 0 aliphatic carbocycles. The van der Waals surface area contributed by atoms with Crippen LogP contribution in [0, 0.1) is 5.41 Å². The molecule has 2 aromatic rings. The van der Waals surface area contributed by atoms with E-state index in [4.69, 9.17) is 9.93 Å². The van der Waals surface area contributed by atoms with Crippen molar-refractivity contribution in [3.05, 3.63) is 30.2 Å². The summed E-state index contributed by atoms with van der Waals surface area (Å²) < 4.78 is 4.73. The Bertz CT molecular complexity index is 555. The summed E-state index contributed by atoms with van der Waals surface area (Å²) in [5.74, 6) is 0.753. The summed E-state index contributed by atoms with van der Waals surface area (Å²) in [6.45, 7) is 3.21. The minimum Gasteiger partial charge on any atom is -0.380 e. The number of anilines is 1. The van der Waals surface area contributed by atoms with Crippen LogP contribution in [0.2, 0.25) is 0 Å². The summed E-state index contributed by atoms with van der Waals surface area (Å²) in [6.07, 6.45) is 5.04. The predicted octanol–water partition coefficient (Wildman–Crippen LogP) is -1.75. The third-order valence-electron chi connectivity index (χ3n) is 2.84. The number of hydrogen-bond acceptors (Lipinski definition) is 6. The molecule has 8 nitrogen and oxygen atoms in total. The second-order valence-electron chi connectivity index (χ2n) is 3.98. The van der Waals surface area contributed by atoms with Crippen LogP contribution in [0.4, 0.5) is 5.95 Å². The van der Waals surface area contributed by atoms with E-state index in [-0.39, 0.29) is 5.55 Å². The standard InChI is InChI=1S/C10H13N7O/c11-9-8-17(14-18-9)16-6-4-15(5-7-16)10-12-2-1-3-13-10/h1-3,8,11H,4-7H2. The third-order valence-corrected chi connectivity index (χ3v) is 2.84. The molecule has 0 radical (unpaired) electrons. The van der Waals surface area contributed by atoms with Gasteiger partial charge in [0.1, 0.15) is 0 Å². The fourth-order valence-electron chi connectivity index (χ4n) is 1.93. The number of hydrogen-bond donors (Lipinski definition) is 1. The van der Waals surface area contributed by atoms with Crippen LogP contribution in [0.25, 0.3) is 0 Å². The van der Waals surface area contributed by atoms with Crippen LogP contribution < -0.4 is 25.5 Å². The molecule has 1 aliphatic rings. The van der Waals surface area contributed by atoms with Gasteiger partial charge in [0.15, 0.2) is 0 Å². The van der Waals surface area contributed by atoms with Crippen LogP contribution in [0.5, 0.6) is 0 Å². The van der Waals surface area contributed by atoms with Crippen molar-refractivity contribution in [2.75, 3.05) is 36.1 Å². The minimum atomic E-state index is 0.0591. The Kier molecular flexibility index (Phi) is 2.67. The van der Waals surface area contributed by atoms with Crippen molar-refractivity contribution in [2.24, 2.45) is 0 Å². The molecule has 0 spiro atoms. The Labute approximate surface area is 103 Å². The summed E-state index contributed by atoms with van der Waals surface area (Å²) in [7, 11) is 0. The van der Waals surface area contributed by atoms with Gasteiger partial charge in [-0.25, -0.2) is 9.97 Å². The van der Waals surface area contributed by atoms with E-state index in [1.165, 1.54) is 0 Å². The van der Waals surface area contributed by atoms with E-state index in [9.17, 15) is 0 Å². The van der Waals surface area contributed by atoms with Crippen LogP contribution in [-0.2, 0) is 0 Å². The number of piperazine rings is 1. The van der Waals surface area contributed by atoms with Crippen molar-refractivity contribution in [1.29, 1.82) is 5.41 Å². The molecule has 0 atom stereocenters. The second-order valence-corrected chi connectivity index (χ2v) is 3.98. The largest absolute Gasteiger partial charge is 0.380 e.